The van der Waals surface area contributed by atoms with E-state index < -0.39 is 0 Å². The van der Waals surface area contributed by atoms with Gasteiger partial charge >= 0.3 is 0 Å². The van der Waals surface area contributed by atoms with Crippen molar-refractivity contribution in [1.29, 1.82) is 0 Å². The van der Waals surface area contributed by atoms with Crippen molar-refractivity contribution in [3.8, 4) is 22.3 Å². The number of hydrogen-bond donors (Lipinski definition) is 0. The molecular formula is C24H24FN. The van der Waals surface area contributed by atoms with Gasteiger partial charge in [-0.3, -0.25) is 0 Å². The van der Waals surface area contributed by atoms with Crippen molar-refractivity contribution in [2.24, 2.45) is 0 Å². The molecule has 2 heteroatoms. The molecule has 0 bridgehead atoms. The Bertz CT molecular complexity index is 987. The van der Waals surface area contributed by atoms with Gasteiger partial charge in [0.1, 0.15) is 5.82 Å². The number of fused-ring (bicyclic) bond motifs is 5. The summed E-state index contributed by atoms with van der Waals surface area (Å²) in [6, 6.07) is 18.3. The van der Waals surface area contributed by atoms with Crippen LogP contribution in [0.25, 0.3) is 22.3 Å². The Kier molecular flexibility index (Phi) is 4.07. The minimum Gasteiger partial charge on any atom is -0.344 e. The first kappa shape index (κ1) is 16.8. The Morgan fingerprint density at radius 1 is 0.885 bits per heavy atom. The zero-order chi connectivity index (χ0) is 18.4. The van der Waals surface area contributed by atoms with E-state index in [0.29, 0.717) is 5.92 Å². The molecule has 26 heavy (non-hydrogen) atoms. The molecule has 3 aromatic carbocycles. The molecule has 0 aliphatic carbocycles. The van der Waals surface area contributed by atoms with Gasteiger partial charge in [0.25, 0.3) is 0 Å². The van der Waals surface area contributed by atoms with Gasteiger partial charge in [-0.2, -0.15) is 0 Å². The van der Waals surface area contributed by atoms with Gasteiger partial charge in [-0.1, -0.05) is 51.1 Å². The molecule has 0 spiro atoms. The predicted molar refractivity (Wildman–Crippen MR) is 109 cm³/mol. The van der Waals surface area contributed by atoms with Gasteiger partial charge in [0.15, 0.2) is 0 Å². The van der Waals surface area contributed by atoms with E-state index in [4.69, 9.17) is 0 Å². The van der Waals surface area contributed by atoms with E-state index in [1.54, 1.807) is 12.1 Å². The molecule has 0 amide bonds. The monoisotopic (exact) mass is 345 g/mol. The molecule has 0 saturated carbocycles. The fourth-order valence-electron chi connectivity index (χ4n) is 4.01. The second-order valence-electron chi connectivity index (χ2n) is 7.35. The van der Waals surface area contributed by atoms with Crippen LogP contribution >= 0.6 is 0 Å². The minimum absolute atomic E-state index is 0.194. The van der Waals surface area contributed by atoms with Gasteiger partial charge in [-0.15, -0.1) is 0 Å². The van der Waals surface area contributed by atoms with Crippen molar-refractivity contribution in [1.82, 2.24) is 0 Å². The normalized spacial score (nSPS) is 12.5. The molecule has 0 saturated heterocycles. The number of aryl methyl sites for hydroxylation is 1. The lowest BCUT2D eigenvalue weighted by molar-refractivity contribution is 0.628. The first-order valence-electron chi connectivity index (χ1n) is 9.31. The number of anilines is 2. The zero-order valence-corrected chi connectivity index (χ0v) is 15.8. The van der Waals surface area contributed by atoms with Crippen LogP contribution in [-0.2, 0) is 6.42 Å². The maximum absolute atomic E-state index is 14.1. The van der Waals surface area contributed by atoms with Gasteiger partial charge in [0.05, 0.1) is 0 Å². The van der Waals surface area contributed by atoms with Crippen LogP contribution in [0, 0.1) is 5.82 Å². The van der Waals surface area contributed by atoms with Crippen LogP contribution in [0.1, 0.15) is 37.8 Å². The average Bonchev–Trinajstić information content (AvgIpc) is 2.75. The number of rotatable bonds is 2. The summed E-state index contributed by atoms with van der Waals surface area (Å²) in [6.07, 6.45) is 0.965. The smallest absolute Gasteiger partial charge is 0.123 e. The highest BCUT2D eigenvalue weighted by atomic mass is 19.1. The van der Waals surface area contributed by atoms with Gasteiger partial charge in [0, 0.05) is 29.5 Å². The molecule has 1 heterocycles. The van der Waals surface area contributed by atoms with Crippen molar-refractivity contribution in [2.75, 3.05) is 11.9 Å². The third-order valence-corrected chi connectivity index (χ3v) is 5.43. The quantitative estimate of drug-likeness (QED) is 0.487. The number of benzene rings is 3. The Labute approximate surface area is 155 Å². The van der Waals surface area contributed by atoms with Gasteiger partial charge in [-0.05, 0) is 58.9 Å². The Balaban J connectivity index is 2.16. The number of nitrogens with zero attached hydrogens (tertiary/aromatic N) is 1. The van der Waals surface area contributed by atoms with E-state index in [-0.39, 0.29) is 5.82 Å². The van der Waals surface area contributed by atoms with Crippen molar-refractivity contribution in [3.63, 3.8) is 0 Å². The molecule has 0 atom stereocenters. The van der Waals surface area contributed by atoms with Gasteiger partial charge in [-0.25, -0.2) is 4.39 Å². The van der Waals surface area contributed by atoms with E-state index in [2.05, 4.69) is 69.1 Å². The maximum atomic E-state index is 14.1. The van der Waals surface area contributed by atoms with Crippen LogP contribution < -0.4 is 4.90 Å². The maximum Gasteiger partial charge on any atom is 0.123 e. The molecule has 1 nitrogen and oxygen atoms in total. The summed E-state index contributed by atoms with van der Waals surface area (Å²) >= 11 is 0. The fraction of sp³-hybridized carbons (Fsp3) is 0.250. The van der Waals surface area contributed by atoms with Crippen molar-refractivity contribution in [2.45, 2.75) is 33.1 Å². The van der Waals surface area contributed by atoms with E-state index >= 15 is 0 Å². The van der Waals surface area contributed by atoms with Crippen LogP contribution in [0.2, 0.25) is 0 Å². The number of hydrogen-bond acceptors (Lipinski definition) is 1. The molecule has 0 unspecified atom stereocenters. The standard InChI is InChI=1S/C24H24FN/c1-5-16-9-11-19-20(13-16)21-14-17(25)10-12-22(21)26(4)23-8-6-7-18(15(2)3)24(19)23/h6-15H,5H2,1-4H3. The molecule has 3 aromatic rings. The van der Waals surface area contributed by atoms with Crippen molar-refractivity contribution >= 4 is 11.4 Å². The number of halogens is 1. The van der Waals surface area contributed by atoms with Gasteiger partial charge in [0.2, 0.25) is 0 Å². The average molecular weight is 345 g/mol. The van der Waals surface area contributed by atoms with Crippen molar-refractivity contribution < 1.29 is 4.39 Å². The lowest BCUT2D eigenvalue weighted by atomic mass is 9.87. The summed E-state index contributed by atoms with van der Waals surface area (Å²) in [6.45, 7) is 6.62. The Morgan fingerprint density at radius 3 is 2.42 bits per heavy atom. The van der Waals surface area contributed by atoms with Crippen LogP contribution in [0.15, 0.2) is 54.6 Å². The summed E-state index contributed by atoms with van der Waals surface area (Å²) in [5.74, 6) is 0.218. The lowest BCUT2D eigenvalue weighted by Gasteiger charge is -2.24. The van der Waals surface area contributed by atoms with E-state index in [0.717, 1.165) is 23.2 Å². The molecule has 0 aromatic heterocycles. The summed E-state index contributed by atoms with van der Waals surface area (Å²) in [7, 11) is 2.08. The summed E-state index contributed by atoms with van der Waals surface area (Å²) in [4.78, 5) is 2.20. The summed E-state index contributed by atoms with van der Waals surface area (Å²) < 4.78 is 14.1. The first-order chi connectivity index (χ1) is 12.5. The third kappa shape index (κ3) is 2.52. The molecule has 0 radical (unpaired) electrons. The largest absolute Gasteiger partial charge is 0.344 e. The highest BCUT2D eigenvalue weighted by Gasteiger charge is 2.25. The SMILES string of the molecule is CCc1ccc2c(c1)-c1cc(F)ccc1N(C)c1cccc(C(C)C)c1-2. The topological polar surface area (TPSA) is 3.24 Å². The van der Waals surface area contributed by atoms with E-state index in [9.17, 15) is 4.39 Å². The molecule has 4 rings (SSSR count). The first-order valence-corrected chi connectivity index (χ1v) is 9.31. The Hall–Kier alpha value is -2.61. The van der Waals surface area contributed by atoms with Crippen LogP contribution in [0.5, 0.6) is 0 Å². The molecule has 0 fully saturated rings. The zero-order valence-electron chi connectivity index (χ0n) is 15.8. The Morgan fingerprint density at radius 2 is 1.69 bits per heavy atom. The third-order valence-electron chi connectivity index (χ3n) is 5.43. The van der Waals surface area contributed by atoms with E-state index in [1.165, 1.54) is 27.9 Å². The lowest BCUT2D eigenvalue weighted by Crippen LogP contribution is -2.11. The van der Waals surface area contributed by atoms with Crippen LogP contribution in [-0.4, -0.2) is 7.05 Å². The van der Waals surface area contributed by atoms with Crippen LogP contribution in [0.3, 0.4) is 0 Å². The van der Waals surface area contributed by atoms with Crippen molar-refractivity contribution in [3.05, 3.63) is 71.5 Å². The molecule has 1 aliphatic rings. The highest BCUT2D eigenvalue weighted by molar-refractivity contribution is 6.00. The fourth-order valence-corrected chi connectivity index (χ4v) is 4.01. The summed E-state index contributed by atoms with van der Waals surface area (Å²) in [5.41, 5.74) is 9.35. The second-order valence-corrected chi connectivity index (χ2v) is 7.35. The van der Waals surface area contributed by atoms with Crippen LogP contribution in [0.4, 0.5) is 15.8 Å². The molecular weight excluding hydrogens is 321 g/mol. The second kappa shape index (κ2) is 6.28. The molecule has 0 N–H and O–H groups in total. The highest BCUT2D eigenvalue weighted by Crippen LogP contribution is 2.49. The predicted octanol–water partition coefficient (Wildman–Crippen LogP) is 6.93. The minimum atomic E-state index is -0.194. The van der Waals surface area contributed by atoms with E-state index in [1.807, 2.05) is 6.07 Å². The molecule has 1 aliphatic heterocycles. The summed E-state index contributed by atoms with van der Waals surface area (Å²) in [5, 5.41) is 0. The molecule has 132 valence electrons. The van der Waals surface area contributed by atoms with Gasteiger partial charge < -0.3 is 4.90 Å².